The summed E-state index contributed by atoms with van der Waals surface area (Å²) in [5.74, 6) is 2.67. The van der Waals surface area contributed by atoms with Crippen molar-refractivity contribution in [3.63, 3.8) is 0 Å². The van der Waals surface area contributed by atoms with E-state index in [9.17, 15) is 0 Å². The van der Waals surface area contributed by atoms with Crippen LogP contribution in [0.2, 0.25) is 0 Å². The molecule has 2 aliphatic carbocycles. The van der Waals surface area contributed by atoms with Crippen LogP contribution in [0.3, 0.4) is 0 Å². The number of hydrogen-bond donors (Lipinski definition) is 1. The predicted molar refractivity (Wildman–Crippen MR) is 75.5 cm³/mol. The summed E-state index contributed by atoms with van der Waals surface area (Å²) in [6.07, 6.45) is 10.9. The van der Waals surface area contributed by atoms with Gasteiger partial charge in [-0.05, 0) is 43.9 Å². The second-order valence-electron chi connectivity index (χ2n) is 6.66. The lowest BCUT2D eigenvalue weighted by Gasteiger charge is -2.39. The Balaban J connectivity index is 1.71. The number of guanidine groups is 1. The number of rotatable bonds is 3. The standard InChI is InChI=1S/C15H27N3/c1-2-12-4-3-8-15(9-7-12)11-17-14(16)18(15)10-13-5-6-13/h12-13H,2-11H2,1H3,(H2,16,17). The summed E-state index contributed by atoms with van der Waals surface area (Å²) in [6.45, 7) is 4.47. The molecule has 1 heterocycles. The molecule has 2 fully saturated rings. The van der Waals surface area contributed by atoms with Gasteiger partial charge in [-0.15, -0.1) is 0 Å². The van der Waals surface area contributed by atoms with Gasteiger partial charge in [-0.25, -0.2) is 0 Å². The normalized spacial score (nSPS) is 36.8. The Morgan fingerprint density at radius 3 is 2.78 bits per heavy atom. The van der Waals surface area contributed by atoms with Crippen molar-refractivity contribution in [2.75, 3.05) is 13.1 Å². The lowest BCUT2D eigenvalue weighted by atomic mass is 9.88. The maximum Gasteiger partial charge on any atom is 0.191 e. The van der Waals surface area contributed by atoms with Crippen molar-refractivity contribution in [1.82, 2.24) is 4.90 Å². The van der Waals surface area contributed by atoms with E-state index in [4.69, 9.17) is 5.73 Å². The quantitative estimate of drug-likeness (QED) is 0.835. The topological polar surface area (TPSA) is 41.6 Å². The Morgan fingerprint density at radius 2 is 2.06 bits per heavy atom. The van der Waals surface area contributed by atoms with Crippen molar-refractivity contribution in [2.24, 2.45) is 22.6 Å². The SMILES string of the molecule is CCC1CCCC2(CC1)CN=C(N)N2CC1CC1. The molecule has 0 radical (unpaired) electrons. The van der Waals surface area contributed by atoms with Crippen LogP contribution in [0.1, 0.15) is 58.3 Å². The second-order valence-corrected chi connectivity index (χ2v) is 6.66. The Hall–Kier alpha value is -0.730. The largest absolute Gasteiger partial charge is 0.370 e. The van der Waals surface area contributed by atoms with E-state index < -0.39 is 0 Å². The zero-order chi connectivity index (χ0) is 12.6. The summed E-state index contributed by atoms with van der Waals surface area (Å²) in [5.41, 5.74) is 6.46. The maximum absolute atomic E-state index is 6.15. The molecule has 0 amide bonds. The third-order valence-corrected chi connectivity index (χ3v) is 5.37. The molecule has 3 nitrogen and oxygen atoms in total. The van der Waals surface area contributed by atoms with Crippen molar-refractivity contribution in [3.8, 4) is 0 Å². The van der Waals surface area contributed by atoms with Gasteiger partial charge in [-0.1, -0.05) is 26.2 Å². The molecule has 18 heavy (non-hydrogen) atoms. The Morgan fingerprint density at radius 1 is 1.22 bits per heavy atom. The molecule has 0 saturated heterocycles. The van der Waals surface area contributed by atoms with Gasteiger partial charge in [-0.3, -0.25) is 4.99 Å². The van der Waals surface area contributed by atoms with E-state index in [1.54, 1.807) is 0 Å². The van der Waals surface area contributed by atoms with Crippen molar-refractivity contribution in [1.29, 1.82) is 0 Å². The smallest absolute Gasteiger partial charge is 0.191 e. The first-order chi connectivity index (χ1) is 8.73. The second kappa shape index (κ2) is 4.75. The average molecular weight is 249 g/mol. The fraction of sp³-hybridized carbons (Fsp3) is 0.933. The molecule has 0 aromatic heterocycles. The summed E-state index contributed by atoms with van der Waals surface area (Å²) >= 11 is 0. The number of aliphatic imine (C=N–C) groups is 1. The van der Waals surface area contributed by atoms with Crippen LogP contribution in [-0.2, 0) is 0 Å². The van der Waals surface area contributed by atoms with Gasteiger partial charge in [0.1, 0.15) is 0 Å². The highest BCUT2D eigenvalue weighted by Gasteiger charge is 2.44. The summed E-state index contributed by atoms with van der Waals surface area (Å²) in [4.78, 5) is 7.08. The summed E-state index contributed by atoms with van der Waals surface area (Å²) < 4.78 is 0. The van der Waals surface area contributed by atoms with Crippen molar-refractivity contribution < 1.29 is 0 Å². The molecule has 0 aromatic rings. The van der Waals surface area contributed by atoms with E-state index in [1.165, 1.54) is 57.9 Å². The van der Waals surface area contributed by atoms with Gasteiger partial charge in [0.25, 0.3) is 0 Å². The van der Waals surface area contributed by atoms with Crippen LogP contribution in [0.15, 0.2) is 4.99 Å². The van der Waals surface area contributed by atoms with Gasteiger partial charge in [0.15, 0.2) is 5.96 Å². The van der Waals surface area contributed by atoms with Gasteiger partial charge >= 0.3 is 0 Å². The third-order valence-electron chi connectivity index (χ3n) is 5.37. The van der Waals surface area contributed by atoms with Crippen LogP contribution in [-0.4, -0.2) is 29.5 Å². The highest BCUT2D eigenvalue weighted by atomic mass is 15.4. The third kappa shape index (κ3) is 2.24. The van der Waals surface area contributed by atoms with Crippen LogP contribution in [0.25, 0.3) is 0 Å². The highest BCUT2D eigenvalue weighted by molar-refractivity contribution is 5.81. The van der Waals surface area contributed by atoms with Gasteiger partial charge < -0.3 is 10.6 Å². The molecule has 3 heteroatoms. The van der Waals surface area contributed by atoms with Crippen molar-refractivity contribution in [2.45, 2.75) is 63.8 Å². The molecule has 2 atom stereocenters. The molecule has 0 bridgehead atoms. The monoisotopic (exact) mass is 249 g/mol. The fourth-order valence-corrected chi connectivity index (χ4v) is 3.79. The van der Waals surface area contributed by atoms with Gasteiger partial charge in [0.05, 0.1) is 12.1 Å². The molecule has 2 N–H and O–H groups in total. The predicted octanol–water partition coefficient (Wildman–Crippen LogP) is 2.76. The zero-order valence-electron chi connectivity index (χ0n) is 11.7. The minimum atomic E-state index is 0.302. The first-order valence-corrected chi connectivity index (χ1v) is 7.81. The molecule has 3 rings (SSSR count). The number of nitrogens with two attached hydrogens (primary N) is 1. The average Bonchev–Trinajstić information content (AvgIpc) is 3.16. The van der Waals surface area contributed by atoms with Gasteiger partial charge in [0.2, 0.25) is 0 Å². The van der Waals surface area contributed by atoms with Gasteiger partial charge in [0, 0.05) is 6.54 Å². The Labute approximate surface area is 111 Å². The van der Waals surface area contributed by atoms with E-state index in [-0.39, 0.29) is 0 Å². The van der Waals surface area contributed by atoms with Crippen LogP contribution < -0.4 is 5.73 Å². The zero-order valence-corrected chi connectivity index (χ0v) is 11.7. The van der Waals surface area contributed by atoms with E-state index in [0.717, 1.165) is 24.3 Å². The molecule has 1 spiro atoms. The van der Waals surface area contributed by atoms with Crippen LogP contribution in [0.5, 0.6) is 0 Å². The molecule has 3 aliphatic rings. The fourth-order valence-electron chi connectivity index (χ4n) is 3.79. The summed E-state index contributed by atoms with van der Waals surface area (Å²) in [7, 11) is 0. The van der Waals surface area contributed by atoms with Crippen LogP contribution in [0.4, 0.5) is 0 Å². The minimum absolute atomic E-state index is 0.302. The molecular formula is C15H27N3. The van der Waals surface area contributed by atoms with E-state index >= 15 is 0 Å². The number of hydrogen-bond acceptors (Lipinski definition) is 3. The summed E-state index contributed by atoms with van der Waals surface area (Å²) in [5, 5.41) is 0. The molecular weight excluding hydrogens is 222 g/mol. The van der Waals surface area contributed by atoms with Crippen molar-refractivity contribution >= 4 is 5.96 Å². The Bertz CT molecular complexity index is 335. The molecule has 1 aliphatic heterocycles. The first kappa shape index (κ1) is 12.3. The minimum Gasteiger partial charge on any atom is -0.370 e. The molecule has 102 valence electrons. The van der Waals surface area contributed by atoms with Crippen LogP contribution >= 0.6 is 0 Å². The van der Waals surface area contributed by atoms with E-state index in [1.807, 2.05) is 0 Å². The highest BCUT2D eigenvalue weighted by Crippen LogP contribution is 2.41. The van der Waals surface area contributed by atoms with E-state index in [2.05, 4.69) is 16.8 Å². The summed E-state index contributed by atoms with van der Waals surface area (Å²) in [6, 6.07) is 0. The van der Waals surface area contributed by atoms with Gasteiger partial charge in [-0.2, -0.15) is 0 Å². The molecule has 0 aromatic carbocycles. The lowest BCUT2D eigenvalue weighted by molar-refractivity contribution is 0.167. The van der Waals surface area contributed by atoms with Crippen LogP contribution in [0, 0.1) is 11.8 Å². The van der Waals surface area contributed by atoms with Crippen molar-refractivity contribution in [3.05, 3.63) is 0 Å². The van der Waals surface area contributed by atoms with E-state index in [0.29, 0.717) is 5.54 Å². The number of nitrogens with zero attached hydrogens (tertiary/aromatic N) is 2. The molecule has 2 saturated carbocycles. The lowest BCUT2D eigenvalue weighted by Crippen LogP contribution is -2.52. The molecule has 2 unspecified atom stereocenters. The maximum atomic E-state index is 6.15. The Kier molecular flexibility index (Phi) is 3.25. The first-order valence-electron chi connectivity index (χ1n) is 7.81.